The highest BCUT2D eigenvalue weighted by Gasteiger charge is 2.20. The molecule has 160 valence electrons. The van der Waals surface area contributed by atoms with E-state index < -0.39 is 0 Å². The van der Waals surface area contributed by atoms with Crippen LogP contribution in [0, 0.1) is 0 Å². The number of hydrogen-bond donors (Lipinski definition) is 2. The molecule has 1 aliphatic rings. The Kier molecular flexibility index (Phi) is 6.79. The van der Waals surface area contributed by atoms with Crippen molar-refractivity contribution in [2.75, 3.05) is 44.7 Å². The lowest BCUT2D eigenvalue weighted by molar-refractivity contribution is -0.900. The first kappa shape index (κ1) is 20.9. The van der Waals surface area contributed by atoms with E-state index in [1.54, 1.807) is 13.3 Å². The number of nitrogens with one attached hydrogen (secondary N) is 2. The van der Waals surface area contributed by atoms with Crippen LogP contribution in [0.1, 0.15) is 12.0 Å². The van der Waals surface area contributed by atoms with Gasteiger partial charge in [0.15, 0.2) is 0 Å². The number of carbonyl (C=O) groups excluding carboxylic acids is 1. The van der Waals surface area contributed by atoms with Crippen molar-refractivity contribution >= 4 is 28.6 Å². The van der Waals surface area contributed by atoms with Crippen molar-refractivity contribution in [1.82, 2.24) is 5.43 Å². The second-order valence-corrected chi connectivity index (χ2v) is 7.77. The Labute approximate surface area is 183 Å². The molecular formula is C25H29N4O2+. The minimum absolute atomic E-state index is 0.0616. The van der Waals surface area contributed by atoms with Crippen molar-refractivity contribution in [2.45, 2.75) is 6.42 Å². The topological polar surface area (TPSA) is 58.4 Å². The molecule has 0 atom stereocenters. The molecule has 1 aliphatic heterocycles. The quantitative estimate of drug-likeness (QED) is 0.457. The number of rotatable bonds is 7. The summed E-state index contributed by atoms with van der Waals surface area (Å²) in [5.74, 6) is 0.672. The van der Waals surface area contributed by atoms with E-state index in [-0.39, 0.29) is 5.91 Å². The fraction of sp³-hybridized carbons (Fsp3) is 0.280. The second-order valence-electron chi connectivity index (χ2n) is 7.77. The van der Waals surface area contributed by atoms with Crippen LogP contribution in [0.3, 0.4) is 0 Å². The van der Waals surface area contributed by atoms with Crippen molar-refractivity contribution in [3.8, 4) is 5.75 Å². The third kappa shape index (κ3) is 5.22. The molecule has 0 spiro atoms. The van der Waals surface area contributed by atoms with E-state index in [1.807, 2.05) is 42.5 Å². The number of hydrogen-bond acceptors (Lipinski definition) is 4. The molecule has 0 bridgehead atoms. The minimum atomic E-state index is -0.0616. The second kappa shape index (κ2) is 10.1. The summed E-state index contributed by atoms with van der Waals surface area (Å²) in [6.45, 7) is 4.93. The number of piperazine rings is 1. The number of carbonyl (C=O) groups is 1. The van der Waals surface area contributed by atoms with Crippen LogP contribution in [-0.4, -0.2) is 52.0 Å². The first-order chi connectivity index (χ1) is 15.2. The number of anilines is 1. The molecule has 1 amide bonds. The van der Waals surface area contributed by atoms with Crippen LogP contribution in [0.5, 0.6) is 5.75 Å². The fourth-order valence-electron chi connectivity index (χ4n) is 4.07. The molecule has 0 saturated carbocycles. The number of fused-ring (bicyclic) bond motifs is 1. The smallest absolute Gasteiger partial charge is 0.245 e. The number of ether oxygens (including phenoxy) is 1. The SMILES string of the molecule is COc1ccc2ccccc2c1C=NNC(=O)CC[NH+]1CCN(c2ccccc2)CC1. The van der Waals surface area contributed by atoms with Gasteiger partial charge in [-0.05, 0) is 29.0 Å². The molecule has 31 heavy (non-hydrogen) atoms. The highest BCUT2D eigenvalue weighted by Crippen LogP contribution is 2.26. The summed E-state index contributed by atoms with van der Waals surface area (Å²) in [6, 6.07) is 22.5. The lowest BCUT2D eigenvalue weighted by Crippen LogP contribution is -3.15. The van der Waals surface area contributed by atoms with Gasteiger partial charge in [0, 0.05) is 11.3 Å². The molecule has 6 nitrogen and oxygen atoms in total. The fourth-order valence-corrected chi connectivity index (χ4v) is 4.07. The minimum Gasteiger partial charge on any atom is -0.496 e. The number of quaternary nitrogens is 1. The number of benzene rings is 3. The Morgan fingerprint density at radius 1 is 1.06 bits per heavy atom. The molecule has 0 unspecified atom stereocenters. The first-order valence-electron chi connectivity index (χ1n) is 10.8. The van der Waals surface area contributed by atoms with E-state index in [0.29, 0.717) is 6.42 Å². The van der Waals surface area contributed by atoms with Gasteiger partial charge in [0.2, 0.25) is 5.91 Å². The van der Waals surface area contributed by atoms with Crippen molar-refractivity contribution in [3.63, 3.8) is 0 Å². The normalized spacial score (nSPS) is 14.8. The molecule has 0 radical (unpaired) electrons. The van der Waals surface area contributed by atoms with Gasteiger partial charge in [0.05, 0.1) is 52.5 Å². The van der Waals surface area contributed by atoms with Gasteiger partial charge in [0.25, 0.3) is 0 Å². The number of methoxy groups -OCH3 is 1. The molecular weight excluding hydrogens is 388 g/mol. The van der Waals surface area contributed by atoms with Gasteiger partial charge in [-0.1, -0.05) is 48.5 Å². The van der Waals surface area contributed by atoms with Gasteiger partial charge >= 0.3 is 0 Å². The summed E-state index contributed by atoms with van der Waals surface area (Å²) in [5.41, 5.74) is 4.81. The molecule has 2 N–H and O–H groups in total. The summed E-state index contributed by atoms with van der Waals surface area (Å²) >= 11 is 0. The van der Waals surface area contributed by atoms with Gasteiger partial charge in [-0.2, -0.15) is 5.10 Å². The van der Waals surface area contributed by atoms with E-state index in [1.165, 1.54) is 10.6 Å². The average molecular weight is 418 g/mol. The summed E-state index contributed by atoms with van der Waals surface area (Å²) in [7, 11) is 1.64. The maximum Gasteiger partial charge on any atom is 0.245 e. The van der Waals surface area contributed by atoms with Crippen LogP contribution in [0.4, 0.5) is 5.69 Å². The average Bonchev–Trinajstić information content (AvgIpc) is 2.83. The van der Waals surface area contributed by atoms with Crippen molar-refractivity contribution in [1.29, 1.82) is 0 Å². The molecule has 6 heteroatoms. The summed E-state index contributed by atoms with van der Waals surface area (Å²) in [6.07, 6.45) is 2.13. The molecule has 1 heterocycles. The highest BCUT2D eigenvalue weighted by molar-refractivity contribution is 6.02. The van der Waals surface area contributed by atoms with Crippen molar-refractivity contribution in [2.24, 2.45) is 5.10 Å². The van der Waals surface area contributed by atoms with Crippen LogP contribution in [0.25, 0.3) is 10.8 Å². The molecule has 3 aromatic rings. The molecule has 1 saturated heterocycles. The number of hydrazone groups is 1. The van der Waals surface area contributed by atoms with Crippen LogP contribution in [0.15, 0.2) is 71.8 Å². The Bertz CT molecular complexity index is 1040. The largest absolute Gasteiger partial charge is 0.496 e. The van der Waals surface area contributed by atoms with Gasteiger partial charge in [-0.15, -0.1) is 0 Å². The van der Waals surface area contributed by atoms with Gasteiger partial charge in [-0.25, -0.2) is 5.43 Å². The third-order valence-electron chi connectivity index (χ3n) is 5.83. The van der Waals surface area contributed by atoms with Crippen LogP contribution >= 0.6 is 0 Å². The maximum absolute atomic E-state index is 12.3. The predicted octanol–water partition coefficient (Wildman–Crippen LogP) is 2.09. The zero-order valence-electron chi connectivity index (χ0n) is 17.9. The van der Waals surface area contributed by atoms with E-state index in [0.717, 1.165) is 54.8 Å². The maximum atomic E-state index is 12.3. The Morgan fingerprint density at radius 3 is 2.58 bits per heavy atom. The van der Waals surface area contributed by atoms with Crippen molar-refractivity contribution < 1.29 is 14.4 Å². The summed E-state index contributed by atoms with van der Waals surface area (Å²) in [5, 5.41) is 6.34. The van der Waals surface area contributed by atoms with Crippen LogP contribution < -0.4 is 20.0 Å². The zero-order chi connectivity index (χ0) is 21.5. The van der Waals surface area contributed by atoms with Crippen LogP contribution in [0.2, 0.25) is 0 Å². The van der Waals surface area contributed by atoms with E-state index in [2.05, 4.69) is 39.7 Å². The van der Waals surface area contributed by atoms with E-state index in [9.17, 15) is 4.79 Å². The van der Waals surface area contributed by atoms with Gasteiger partial charge in [0.1, 0.15) is 5.75 Å². The third-order valence-corrected chi connectivity index (χ3v) is 5.83. The summed E-state index contributed by atoms with van der Waals surface area (Å²) < 4.78 is 5.47. The first-order valence-corrected chi connectivity index (χ1v) is 10.8. The van der Waals surface area contributed by atoms with Crippen LogP contribution in [-0.2, 0) is 4.79 Å². The number of amides is 1. The standard InChI is InChI=1S/C25H28N4O2/c1-31-24-12-11-20-7-5-6-10-22(20)23(24)19-26-27-25(30)13-14-28-15-17-29(18-16-28)21-8-3-2-4-9-21/h2-12,19H,13-18H2,1H3,(H,27,30)/p+1. The van der Waals surface area contributed by atoms with Gasteiger partial charge < -0.3 is 14.5 Å². The van der Waals surface area contributed by atoms with E-state index >= 15 is 0 Å². The molecule has 1 fully saturated rings. The Hall–Kier alpha value is -3.38. The molecule has 0 aliphatic carbocycles. The Morgan fingerprint density at radius 2 is 1.81 bits per heavy atom. The zero-order valence-corrected chi connectivity index (χ0v) is 17.9. The number of nitrogens with zero attached hydrogens (tertiary/aromatic N) is 2. The lowest BCUT2D eigenvalue weighted by Gasteiger charge is -2.33. The monoisotopic (exact) mass is 417 g/mol. The Balaban J connectivity index is 1.27. The van der Waals surface area contributed by atoms with E-state index in [4.69, 9.17) is 4.74 Å². The lowest BCUT2D eigenvalue weighted by atomic mass is 10.0. The molecule has 4 rings (SSSR count). The molecule has 0 aromatic heterocycles. The highest BCUT2D eigenvalue weighted by atomic mass is 16.5. The van der Waals surface area contributed by atoms with Crippen molar-refractivity contribution in [3.05, 3.63) is 72.3 Å². The molecule has 3 aromatic carbocycles. The number of para-hydroxylation sites is 1. The predicted molar refractivity (Wildman–Crippen MR) is 125 cm³/mol. The van der Waals surface area contributed by atoms with Gasteiger partial charge in [-0.3, -0.25) is 4.79 Å². The summed E-state index contributed by atoms with van der Waals surface area (Å²) in [4.78, 5) is 16.2.